The van der Waals surface area contributed by atoms with Crippen LogP contribution < -0.4 is 15.8 Å². The number of nitrogen functional groups attached to an aromatic ring is 1. The van der Waals surface area contributed by atoms with Crippen molar-refractivity contribution >= 4 is 17.3 Å². The van der Waals surface area contributed by atoms with Crippen LogP contribution in [0.3, 0.4) is 0 Å². The zero-order valence-electron chi connectivity index (χ0n) is 9.04. The highest BCUT2D eigenvalue weighted by Gasteiger charge is 2.03. The smallest absolute Gasteiger partial charge is 0.224 e. The van der Waals surface area contributed by atoms with Gasteiger partial charge in [0.2, 0.25) is 5.91 Å². The minimum absolute atomic E-state index is 0.00191. The van der Waals surface area contributed by atoms with Gasteiger partial charge in [-0.25, -0.2) is 0 Å². The predicted molar refractivity (Wildman–Crippen MR) is 60.9 cm³/mol. The Morgan fingerprint density at radius 2 is 2.27 bits per heavy atom. The van der Waals surface area contributed by atoms with E-state index >= 15 is 0 Å². The molecule has 0 aromatic heterocycles. The summed E-state index contributed by atoms with van der Waals surface area (Å²) in [6, 6.07) is 5.19. The minimum Gasteiger partial charge on any atom is -0.495 e. The van der Waals surface area contributed by atoms with Crippen molar-refractivity contribution < 1.29 is 9.53 Å². The van der Waals surface area contributed by atoms with Gasteiger partial charge >= 0.3 is 0 Å². The Balaban J connectivity index is 2.71. The second kappa shape index (κ2) is 5.24. The molecule has 0 bridgehead atoms. The van der Waals surface area contributed by atoms with Crippen molar-refractivity contribution in [2.75, 3.05) is 18.2 Å². The summed E-state index contributed by atoms with van der Waals surface area (Å²) in [6.07, 6.45) is 1.35. The first kappa shape index (κ1) is 11.4. The Bertz CT molecular complexity index is 350. The van der Waals surface area contributed by atoms with Gasteiger partial charge in [0.1, 0.15) is 5.75 Å². The largest absolute Gasteiger partial charge is 0.495 e. The van der Waals surface area contributed by atoms with Crippen LogP contribution >= 0.6 is 0 Å². The molecule has 0 saturated heterocycles. The fourth-order valence-corrected chi connectivity index (χ4v) is 1.26. The first-order chi connectivity index (χ1) is 7.17. The number of carbonyl (C=O) groups excluding carboxylic acids is 1. The van der Waals surface area contributed by atoms with Gasteiger partial charge in [0, 0.05) is 12.1 Å². The van der Waals surface area contributed by atoms with Crippen LogP contribution in [0.5, 0.6) is 5.75 Å². The van der Waals surface area contributed by atoms with Gasteiger partial charge in [-0.3, -0.25) is 4.79 Å². The molecule has 1 rings (SSSR count). The van der Waals surface area contributed by atoms with Crippen molar-refractivity contribution in [2.24, 2.45) is 0 Å². The van der Waals surface area contributed by atoms with E-state index in [9.17, 15) is 4.79 Å². The summed E-state index contributed by atoms with van der Waals surface area (Å²) >= 11 is 0. The van der Waals surface area contributed by atoms with Crippen molar-refractivity contribution in [3.05, 3.63) is 18.2 Å². The van der Waals surface area contributed by atoms with E-state index in [1.54, 1.807) is 25.3 Å². The Morgan fingerprint density at radius 1 is 1.53 bits per heavy atom. The van der Waals surface area contributed by atoms with Crippen molar-refractivity contribution in [1.82, 2.24) is 0 Å². The normalized spacial score (nSPS) is 9.73. The van der Waals surface area contributed by atoms with Crippen LogP contribution in [0.15, 0.2) is 18.2 Å². The number of hydrogen-bond acceptors (Lipinski definition) is 3. The number of carbonyl (C=O) groups is 1. The molecule has 0 aliphatic rings. The Labute approximate surface area is 89.4 Å². The number of anilines is 2. The third-order valence-electron chi connectivity index (χ3n) is 1.99. The van der Waals surface area contributed by atoms with Crippen LogP contribution in [0.4, 0.5) is 11.4 Å². The number of benzene rings is 1. The third-order valence-corrected chi connectivity index (χ3v) is 1.99. The van der Waals surface area contributed by atoms with Crippen LogP contribution in [0.1, 0.15) is 19.8 Å². The van der Waals surface area contributed by atoms with Crippen molar-refractivity contribution in [3.63, 3.8) is 0 Å². The number of hydrogen-bond donors (Lipinski definition) is 2. The fourth-order valence-electron chi connectivity index (χ4n) is 1.26. The second-order valence-electron chi connectivity index (χ2n) is 3.25. The molecule has 82 valence electrons. The van der Waals surface area contributed by atoms with E-state index in [0.29, 0.717) is 23.5 Å². The number of methoxy groups -OCH3 is 1. The quantitative estimate of drug-likeness (QED) is 0.744. The number of ether oxygens (including phenoxy) is 1. The molecule has 0 aliphatic carbocycles. The van der Waals surface area contributed by atoms with E-state index in [4.69, 9.17) is 10.5 Å². The molecule has 0 unspecified atom stereocenters. The lowest BCUT2D eigenvalue weighted by Crippen LogP contribution is -2.10. The van der Waals surface area contributed by atoms with Gasteiger partial charge < -0.3 is 15.8 Å². The molecule has 0 heterocycles. The lowest BCUT2D eigenvalue weighted by atomic mass is 10.2. The number of nitrogens with one attached hydrogen (secondary N) is 1. The van der Waals surface area contributed by atoms with Gasteiger partial charge in [0.05, 0.1) is 12.8 Å². The Kier molecular flexibility index (Phi) is 3.97. The number of nitrogens with two attached hydrogens (primary N) is 1. The predicted octanol–water partition coefficient (Wildman–Crippen LogP) is 2.02. The maximum Gasteiger partial charge on any atom is 0.224 e. The highest BCUT2D eigenvalue weighted by Crippen LogP contribution is 2.24. The average molecular weight is 208 g/mol. The molecule has 0 radical (unpaired) electrons. The topological polar surface area (TPSA) is 64.3 Å². The molecule has 3 N–H and O–H groups in total. The van der Waals surface area contributed by atoms with Gasteiger partial charge in [0.25, 0.3) is 0 Å². The molecule has 0 atom stereocenters. The van der Waals surface area contributed by atoms with Gasteiger partial charge in [-0.2, -0.15) is 0 Å². The van der Waals surface area contributed by atoms with E-state index < -0.39 is 0 Å². The lowest BCUT2D eigenvalue weighted by Gasteiger charge is -2.08. The van der Waals surface area contributed by atoms with E-state index in [2.05, 4.69) is 5.32 Å². The maximum absolute atomic E-state index is 11.3. The summed E-state index contributed by atoms with van der Waals surface area (Å²) < 4.78 is 5.01. The third kappa shape index (κ3) is 3.16. The molecule has 0 aliphatic heterocycles. The van der Waals surface area contributed by atoms with E-state index in [-0.39, 0.29) is 5.91 Å². The lowest BCUT2D eigenvalue weighted by molar-refractivity contribution is -0.116. The van der Waals surface area contributed by atoms with Gasteiger partial charge in [-0.15, -0.1) is 0 Å². The summed E-state index contributed by atoms with van der Waals surface area (Å²) in [5.41, 5.74) is 6.93. The van der Waals surface area contributed by atoms with Crippen LogP contribution in [0.2, 0.25) is 0 Å². The van der Waals surface area contributed by atoms with Crippen LogP contribution in [-0.2, 0) is 4.79 Å². The van der Waals surface area contributed by atoms with Crippen molar-refractivity contribution in [3.8, 4) is 5.75 Å². The number of rotatable bonds is 4. The highest BCUT2D eigenvalue weighted by atomic mass is 16.5. The summed E-state index contributed by atoms with van der Waals surface area (Å²) in [5, 5.41) is 2.76. The van der Waals surface area contributed by atoms with Gasteiger partial charge in [0.15, 0.2) is 0 Å². The molecule has 4 nitrogen and oxygen atoms in total. The highest BCUT2D eigenvalue weighted by molar-refractivity contribution is 5.91. The molecule has 0 spiro atoms. The molecule has 1 aromatic carbocycles. The van der Waals surface area contributed by atoms with E-state index in [0.717, 1.165) is 6.42 Å². The monoisotopic (exact) mass is 208 g/mol. The zero-order chi connectivity index (χ0) is 11.3. The molecule has 15 heavy (non-hydrogen) atoms. The van der Waals surface area contributed by atoms with E-state index in [1.807, 2.05) is 6.92 Å². The molecule has 1 amide bonds. The van der Waals surface area contributed by atoms with Crippen molar-refractivity contribution in [2.45, 2.75) is 19.8 Å². The fraction of sp³-hybridized carbons (Fsp3) is 0.364. The molecule has 1 aromatic rings. The summed E-state index contributed by atoms with van der Waals surface area (Å²) in [6.45, 7) is 1.96. The SMILES string of the molecule is CCCC(=O)Nc1ccc(OC)c(N)c1. The van der Waals surface area contributed by atoms with Crippen LogP contribution in [0, 0.1) is 0 Å². The average Bonchev–Trinajstić information content (AvgIpc) is 2.18. The van der Waals surface area contributed by atoms with Gasteiger partial charge in [-0.1, -0.05) is 6.92 Å². The van der Waals surface area contributed by atoms with Crippen LogP contribution in [-0.4, -0.2) is 13.0 Å². The Morgan fingerprint density at radius 3 is 2.80 bits per heavy atom. The first-order valence-electron chi connectivity index (χ1n) is 4.90. The molecular formula is C11H16N2O2. The molecule has 0 fully saturated rings. The van der Waals surface area contributed by atoms with E-state index in [1.165, 1.54) is 0 Å². The summed E-state index contributed by atoms with van der Waals surface area (Å²) in [5.74, 6) is 0.616. The molecule has 4 heteroatoms. The standard InChI is InChI=1S/C11H16N2O2/c1-3-4-11(14)13-8-5-6-10(15-2)9(12)7-8/h5-7H,3-4,12H2,1-2H3,(H,13,14). The molecular weight excluding hydrogens is 192 g/mol. The number of amides is 1. The van der Waals surface area contributed by atoms with Crippen LogP contribution in [0.25, 0.3) is 0 Å². The second-order valence-corrected chi connectivity index (χ2v) is 3.25. The minimum atomic E-state index is 0.00191. The van der Waals surface area contributed by atoms with Crippen molar-refractivity contribution in [1.29, 1.82) is 0 Å². The molecule has 0 saturated carbocycles. The Hall–Kier alpha value is -1.71. The summed E-state index contributed by atoms with van der Waals surface area (Å²) in [7, 11) is 1.56. The summed E-state index contributed by atoms with van der Waals surface area (Å²) in [4.78, 5) is 11.3. The first-order valence-corrected chi connectivity index (χ1v) is 4.90. The van der Waals surface area contributed by atoms with Gasteiger partial charge in [-0.05, 0) is 24.6 Å². The zero-order valence-corrected chi connectivity index (χ0v) is 9.04. The maximum atomic E-state index is 11.3.